The van der Waals surface area contributed by atoms with Crippen LogP contribution < -0.4 is 0 Å². The van der Waals surface area contributed by atoms with E-state index in [1.54, 1.807) is 6.07 Å². The zero-order valence-electron chi connectivity index (χ0n) is 13.1. The van der Waals surface area contributed by atoms with Gasteiger partial charge in [0.05, 0.1) is 16.8 Å². The van der Waals surface area contributed by atoms with E-state index in [-0.39, 0.29) is 5.39 Å². The topological polar surface area (TPSA) is 12.9 Å². The largest absolute Gasteiger partial charge is 0.418 e. The minimum atomic E-state index is -4.53. The van der Waals surface area contributed by atoms with Crippen molar-refractivity contribution in [3.63, 3.8) is 0 Å². The van der Waals surface area contributed by atoms with E-state index in [0.29, 0.717) is 16.6 Å². The molecule has 1 aromatic heterocycles. The minimum absolute atomic E-state index is 0.0158. The summed E-state index contributed by atoms with van der Waals surface area (Å²) >= 11 is 0. The van der Waals surface area contributed by atoms with Crippen LogP contribution in [0.15, 0.2) is 54.7 Å². The molecule has 0 fully saturated rings. The van der Waals surface area contributed by atoms with Crippen molar-refractivity contribution in [3.8, 4) is 0 Å². The monoisotopic (exact) mass is 367 g/mol. The third-order valence-corrected chi connectivity index (χ3v) is 3.80. The molecule has 0 saturated heterocycles. The predicted octanol–water partition coefficient (Wildman–Crippen LogP) is 6.44. The first-order valence-corrected chi connectivity index (χ1v) is 7.46. The van der Waals surface area contributed by atoms with Gasteiger partial charge in [-0.3, -0.25) is 4.98 Å². The molecule has 0 unspecified atom stereocenters. The van der Waals surface area contributed by atoms with Crippen molar-refractivity contribution >= 4 is 22.9 Å². The molecule has 1 nitrogen and oxygen atoms in total. The Morgan fingerprint density at radius 3 is 1.88 bits per heavy atom. The maximum Gasteiger partial charge on any atom is 0.418 e. The zero-order valence-corrected chi connectivity index (χ0v) is 13.1. The molecule has 0 amide bonds. The zero-order chi connectivity index (χ0) is 18.9. The molecule has 0 saturated carbocycles. The summed E-state index contributed by atoms with van der Waals surface area (Å²) in [5.74, 6) is 0. The van der Waals surface area contributed by atoms with Gasteiger partial charge < -0.3 is 0 Å². The molecule has 0 N–H and O–H groups in total. The fourth-order valence-corrected chi connectivity index (χ4v) is 2.53. The van der Waals surface area contributed by atoms with E-state index in [1.807, 2.05) is 0 Å². The Morgan fingerprint density at radius 2 is 1.31 bits per heavy atom. The van der Waals surface area contributed by atoms with Crippen molar-refractivity contribution in [1.29, 1.82) is 0 Å². The Morgan fingerprint density at radius 1 is 0.692 bits per heavy atom. The number of aromatic nitrogens is 1. The predicted molar refractivity (Wildman–Crippen MR) is 87.1 cm³/mol. The van der Waals surface area contributed by atoms with Crippen molar-refractivity contribution in [2.75, 3.05) is 0 Å². The van der Waals surface area contributed by atoms with Gasteiger partial charge in [0.25, 0.3) is 0 Å². The van der Waals surface area contributed by atoms with Gasteiger partial charge >= 0.3 is 12.4 Å². The Labute approximate surface area is 144 Å². The average Bonchev–Trinajstić information content (AvgIpc) is 2.58. The average molecular weight is 367 g/mol. The Hall–Kier alpha value is -2.83. The molecule has 0 bridgehead atoms. The number of hydrogen-bond donors (Lipinski definition) is 0. The Bertz CT molecular complexity index is 952. The Kier molecular flexibility index (Phi) is 4.48. The Balaban J connectivity index is 1.98. The number of rotatable bonds is 2. The summed E-state index contributed by atoms with van der Waals surface area (Å²) in [5.41, 5.74) is -0.829. The molecule has 0 atom stereocenters. The van der Waals surface area contributed by atoms with E-state index in [0.717, 1.165) is 18.3 Å². The lowest BCUT2D eigenvalue weighted by Gasteiger charge is -2.11. The lowest BCUT2D eigenvalue weighted by Crippen LogP contribution is -2.07. The molecule has 0 aliphatic rings. The van der Waals surface area contributed by atoms with Crippen molar-refractivity contribution in [2.45, 2.75) is 12.4 Å². The fourth-order valence-electron chi connectivity index (χ4n) is 2.53. The standard InChI is InChI=1S/C19H11F6N/c20-18(21,22)13-8-5-12(6-9-13)7-10-17-15-4-2-1-3-14(15)16(11-26-17)19(23,24)25/h1-11H/b10-7+. The van der Waals surface area contributed by atoms with Gasteiger partial charge in [-0.2, -0.15) is 26.3 Å². The molecule has 7 heteroatoms. The third kappa shape index (κ3) is 3.71. The molecule has 0 aliphatic heterocycles. The molecule has 0 radical (unpaired) electrons. The van der Waals surface area contributed by atoms with Crippen molar-refractivity contribution in [2.24, 2.45) is 0 Å². The summed E-state index contributed by atoms with van der Waals surface area (Å²) in [4.78, 5) is 3.86. The second-order valence-electron chi connectivity index (χ2n) is 5.55. The van der Waals surface area contributed by atoms with Crippen LogP contribution in [-0.2, 0) is 12.4 Å². The van der Waals surface area contributed by atoms with E-state index < -0.39 is 23.5 Å². The molecule has 3 rings (SSSR count). The van der Waals surface area contributed by atoms with Crippen LogP contribution in [0.5, 0.6) is 0 Å². The maximum atomic E-state index is 13.1. The van der Waals surface area contributed by atoms with Gasteiger partial charge in [0, 0.05) is 11.6 Å². The van der Waals surface area contributed by atoms with Gasteiger partial charge in [-0.05, 0) is 29.2 Å². The van der Waals surface area contributed by atoms with E-state index in [2.05, 4.69) is 4.98 Å². The van der Waals surface area contributed by atoms with Crippen molar-refractivity contribution in [1.82, 2.24) is 4.98 Å². The highest BCUT2D eigenvalue weighted by Crippen LogP contribution is 2.35. The first-order chi connectivity index (χ1) is 12.2. The first-order valence-electron chi connectivity index (χ1n) is 7.46. The van der Waals surface area contributed by atoms with Crippen LogP contribution in [0.2, 0.25) is 0 Å². The second kappa shape index (κ2) is 6.48. The third-order valence-electron chi connectivity index (χ3n) is 3.80. The van der Waals surface area contributed by atoms with Gasteiger partial charge in [-0.1, -0.05) is 42.5 Å². The van der Waals surface area contributed by atoms with Crippen LogP contribution in [0.1, 0.15) is 22.4 Å². The second-order valence-corrected chi connectivity index (χ2v) is 5.55. The van der Waals surface area contributed by atoms with Crippen LogP contribution in [0.3, 0.4) is 0 Å². The molecule has 0 aliphatic carbocycles. The number of halogens is 6. The smallest absolute Gasteiger partial charge is 0.256 e. The number of benzene rings is 2. The molecule has 2 aromatic carbocycles. The van der Waals surface area contributed by atoms with Crippen molar-refractivity contribution in [3.05, 3.63) is 77.1 Å². The van der Waals surface area contributed by atoms with Crippen LogP contribution >= 0.6 is 0 Å². The SMILES string of the molecule is FC(F)(F)c1ccc(/C=C/c2ncc(C(F)(F)F)c3ccccc23)cc1. The van der Waals surface area contributed by atoms with E-state index in [9.17, 15) is 26.3 Å². The highest BCUT2D eigenvalue weighted by Gasteiger charge is 2.33. The van der Waals surface area contributed by atoms with E-state index in [1.165, 1.54) is 42.5 Å². The summed E-state index contributed by atoms with van der Waals surface area (Å²) in [6.07, 6.45) is -5.21. The van der Waals surface area contributed by atoms with Gasteiger partial charge in [0.15, 0.2) is 0 Å². The van der Waals surface area contributed by atoms with Gasteiger partial charge in [0.2, 0.25) is 0 Å². The lowest BCUT2D eigenvalue weighted by molar-refractivity contribution is -0.138. The summed E-state index contributed by atoms with van der Waals surface area (Å²) in [6, 6.07) is 10.4. The van der Waals surface area contributed by atoms with Gasteiger partial charge in [0.1, 0.15) is 0 Å². The van der Waals surface area contributed by atoms with Crippen LogP contribution in [0.4, 0.5) is 26.3 Å². The van der Waals surface area contributed by atoms with Crippen molar-refractivity contribution < 1.29 is 26.3 Å². The minimum Gasteiger partial charge on any atom is -0.256 e. The summed E-state index contributed by atoms with van der Waals surface area (Å²) in [7, 11) is 0. The fraction of sp³-hybridized carbons (Fsp3) is 0.105. The molecule has 26 heavy (non-hydrogen) atoms. The molecular formula is C19H11F6N. The van der Waals surface area contributed by atoms with Crippen LogP contribution in [0, 0.1) is 0 Å². The van der Waals surface area contributed by atoms with Crippen LogP contribution in [-0.4, -0.2) is 4.98 Å². The van der Waals surface area contributed by atoms with E-state index in [4.69, 9.17) is 0 Å². The normalized spacial score (nSPS) is 12.8. The van der Waals surface area contributed by atoms with E-state index >= 15 is 0 Å². The summed E-state index contributed by atoms with van der Waals surface area (Å²) < 4.78 is 76.9. The molecule has 1 heterocycles. The number of hydrogen-bond acceptors (Lipinski definition) is 1. The number of nitrogens with zero attached hydrogens (tertiary/aromatic N) is 1. The molecule has 0 spiro atoms. The quantitative estimate of drug-likeness (QED) is 0.475. The lowest BCUT2D eigenvalue weighted by atomic mass is 10.0. The maximum absolute atomic E-state index is 13.1. The van der Waals surface area contributed by atoms with Gasteiger partial charge in [-0.15, -0.1) is 0 Å². The summed E-state index contributed by atoms with van der Waals surface area (Å²) in [5, 5.41) is 0.326. The molecular weight excluding hydrogens is 356 g/mol. The van der Waals surface area contributed by atoms with Crippen LogP contribution in [0.25, 0.3) is 22.9 Å². The first kappa shape index (κ1) is 18.0. The highest BCUT2D eigenvalue weighted by molar-refractivity contribution is 5.93. The van der Waals surface area contributed by atoms with Gasteiger partial charge in [-0.25, -0.2) is 0 Å². The number of alkyl halides is 6. The number of pyridine rings is 1. The molecule has 3 aromatic rings. The number of fused-ring (bicyclic) bond motifs is 1. The molecule has 134 valence electrons. The highest BCUT2D eigenvalue weighted by atomic mass is 19.4. The summed E-state index contributed by atoms with van der Waals surface area (Å²) in [6.45, 7) is 0.